The Labute approximate surface area is 169 Å². The van der Waals surface area contributed by atoms with Gasteiger partial charge in [-0.15, -0.1) is 0 Å². The molecule has 2 aromatic carbocycles. The van der Waals surface area contributed by atoms with Crippen LogP contribution in [-0.4, -0.2) is 22.9 Å². The van der Waals surface area contributed by atoms with Gasteiger partial charge in [0.1, 0.15) is 0 Å². The van der Waals surface area contributed by atoms with Crippen LogP contribution in [0.15, 0.2) is 54.6 Å². The Morgan fingerprint density at radius 2 is 1.69 bits per heavy atom. The third-order valence-electron chi connectivity index (χ3n) is 4.22. The van der Waals surface area contributed by atoms with E-state index < -0.39 is 28.9 Å². The van der Waals surface area contributed by atoms with Crippen molar-refractivity contribution in [2.45, 2.75) is 44.9 Å². The molecule has 0 aliphatic carbocycles. The molecule has 2 rings (SSSR count). The molecule has 0 saturated carbocycles. The van der Waals surface area contributed by atoms with Gasteiger partial charge in [0, 0.05) is 18.5 Å². The number of nitrogens with one attached hydrogen (secondary N) is 1. The van der Waals surface area contributed by atoms with Crippen LogP contribution in [0.25, 0.3) is 0 Å². The number of hydrogen-bond acceptors (Lipinski definition) is 6. The van der Waals surface area contributed by atoms with Crippen molar-refractivity contribution in [3.8, 4) is 0 Å². The summed E-state index contributed by atoms with van der Waals surface area (Å²) in [4.78, 5) is 35.6. The predicted molar refractivity (Wildman–Crippen MR) is 108 cm³/mol. The lowest BCUT2D eigenvalue weighted by atomic mass is 10.00. The van der Waals surface area contributed by atoms with Crippen LogP contribution in [0.3, 0.4) is 0 Å². The highest BCUT2D eigenvalue weighted by Crippen LogP contribution is 2.28. The van der Waals surface area contributed by atoms with Crippen LogP contribution in [-0.2, 0) is 14.3 Å². The standard InChI is InChI=1S/C21H25N3O5/c1-14(2)29-21(26)13-18(16-10-6-7-11-19(16)24(27)28)23-20(25)12-17(22)15-8-4-3-5-9-15/h3-11,14,17-18H,12-13,22H2,1-2H3,(H,23,25). The molecule has 0 saturated heterocycles. The third-order valence-corrected chi connectivity index (χ3v) is 4.22. The number of rotatable bonds is 9. The summed E-state index contributed by atoms with van der Waals surface area (Å²) < 4.78 is 5.15. The van der Waals surface area contributed by atoms with Gasteiger partial charge in [-0.05, 0) is 19.4 Å². The zero-order chi connectivity index (χ0) is 21.4. The highest BCUT2D eigenvalue weighted by Gasteiger charge is 2.27. The van der Waals surface area contributed by atoms with Crippen LogP contribution in [0.4, 0.5) is 5.69 Å². The maximum atomic E-state index is 12.6. The van der Waals surface area contributed by atoms with Crippen molar-refractivity contribution in [2.24, 2.45) is 5.73 Å². The van der Waals surface area contributed by atoms with Crippen molar-refractivity contribution in [1.29, 1.82) is 0 Å². The Morgan fingerprint density at radius 3 is 2.31 bits per heavy atom. The van der Waals surface area contributed by atoms with Crippen LogP contribution >= 0.6 is 0 Å². The van der Waals surface area contributed by atoms with Crippen LogP contribution in [0.1, 0.15) is 49.9 Å². The molecule has 0 aromatic heterocycles. The molecule has 1 amide bonds. The number of ether oxygens (including phenoxy) is 1. The number of carbonyl (C=O) groups is 2. The molecule has 2 aromatic rings. The fourth-order valence-electron chi connectivity index (χ4n) is 2.94. The topological polar surface area (TPSA) is 125 Å². The number of benzene rings is 2. The largest absolute Gasteiger partial charge is 0.463 e. The number of nitrogens with two attached hydrogens (primary N) is 1. The van der Waals surface area contributed by atoms with Gasteiger partial charge in [0.2, 0.25) is 5.91 Å². The molecule has 2 atom stereocenters. The Hall–Kier alpha value is -3.26. The number of amides is 1. The molecule has 2 unspecified atom stereocenters. The van der Waals surface area contributed by atoms with Crippen molar-refractivity contribution < 1.29 is 19.2 Å². The number of hydrogen-bond donors (Lipinski definition) is 2. The lowest BCUT2D eigenvalue weighted by Gasteiger charge is -2.20. The average Bonchev–Trinajstić information content (AvgIpc) is 2.67. The zero-order valence-electron chi connectivity index (χ0n) is 16.4. The van der Waals surface area contributed by atoms with Crippen LogP contribution in [0.5, 0.6) is 0 Å². The Morgan fingerprint density at radius 1 is 1.07 bits per heavy atom. The molecule has 0 aliphatic rings. The molecule has 0 aliphatic heterocycles. The van der Waals surface area contributed by atoms with Gasteiger partial charge in [-0.25, -0.2) is 0 Å². The highest BCUT2D eigenvalue weighted by molar-refractivity contribution is 5.79. The van der Waals surface area contributed by atoms with E-state index in [0.717, 1.165) is 5.56 Å². The first-order valence-electron chi connectivity index (χ1n) is 9.30. The molecule has 0 heterocycles. The van der Waals surface area contributed by atoms with E-state index in [2.05, 4.69) is 5.32 Å². The van der Waals surface area contributed by atoms with Gasteiger partial charge in [0.25, 0.3) is 5.69 Å². The van der Waals surface area contributed by atoms with E-state index in [1.807, 2.05) is 30.3 Å². The summed E-state index contributed by atoms with van der Waals surface area (Å²) in [5.41, 5.74) is 6.95. The number of para-hydroxylation sites is 1. The Balaban J connectivity index is 2.20. The van der Waals surface area contributed by atoms with Crippen molar-refractivity contribution in [2.75, 3.05) is 0 Å². The van der Waals surface area contributed by atoms with E-state index in [9.17, 15) is 19.7 Å². The molecule has 8 nitrogen and oxygen atoms in total. The van der Waals surface area contributed by atoms with Gasteiger partial charge in [-0.2, -0.15) is 0 Å². The average molecular weight is 399 g/mol. The maximum Gasteiger partial charge on any atom is 0.308 e. The lowest BCUT2D eigenvalue weighted by Crippen LogP contribution is -2.33. The fraction of sp³-hybridized carbons (Fsp3) is 0.333. The van der Waals surface area contributed by atoms with Gasteiger partial charge in [0.05, 0.1) is 29.1 Å². The highest BCUT2D eigenvalue weighted by atomic mass is 16.6. The summed E-state index contributed by atoms with van der Waals surface area (Å²) in [5, 5.41) is 14.1. The van der Waals surface area contributed by atoms with Crippen LogP contribution < -0.4 is 11.1 Å². The quantitative estimate of drug-likeness (QED) is 0.379. The molecule has 0 bridgehead atoms. The SMILES string of the molecule is CC(C)OC(=O)CC(NC(=O)CC(N)c1ccccc1)c1ccccc1[N+](=O)[O-]. The van der Waals surface area contributed by atoms with Gasteiger partial charge >= 0.3 is 5.97 Å². The fourth-order valence-corrected chi connectivity index (χ4v) is 2.94. The summed E-state index contributed by atoms with van der Waals surface area (Å²) in [5.74, 6) is -0.974. The lowest BCUT2D eigenvalue weighted by molar-refractivity contribution is -0.385. The Bertz CT molecular complexity index is 854. The molecule has 0 radical (unpaired) electrons. The number of carbonyl (C=O) groups excluding carboxylic acids is 2. The van der Waals surface area contributed by atoms with E-state index in [4.69, 9.17) is 10.5 Å². The molecule has 8 heteroatoms. The first-order valence-corrected chi connectivity index (χ1v) is 9.30. The van der Waals surface area contributed by atoms with E-state index >= 15 is 0 Å². The number of nitrogens with zero attached hydrogens (tertiary/aromatic N) is 1. The number of esters is 1. The zero-order valence-corrected chi connectivity index (χ0v) is 16.4. The molecule has 29 heavy (non-hydrogen) atoms. The molecule has 0 fully saturated rings. The van der Waals surface area contributed by atoms with Crippen molar-refractivity contribution >= 4 is 17.6 Å². The van der Waals surface area contributed by atoms with Crippen molar-refractivity contribution in [1.82, 2.24) is 5.32 Å². The second-order valence-corrected chi connectivity index (χ2v) is 6.90. The van der Waals surface area contributed by atoms with Gasteiger partial charge in [0.15, 0.2) is 0 Å². The van der Waals surface area contributed by atoms with Gasteiger partial charge in [-0.3, -0.25) is 19.7 Å². The predicted octanol–water partition coefficient (Wildman–Crippen LogP) is 3.18. The third kappa shape index (κ3) is 6.69. The van der Waals surface area contributed by atoms with E-state index in [0.29, 0.717) is 0 Å². The maximum absolute atomic E-state index is 12.6. The van der Waals surface area contributed by atoms with E-state index in [1.54, 1.807) is 19.9 Å². The summed E-state index contributed by atoms with van der Waals surface area (Å²) >= 11 is 0. The van der Waals surface area contributed by atoms with Crippen molar-refractivity contribution in [3.63, 3.8) is 0 Å². The molecule has 3 N–H and O–H groups in total. The van der Waals surface area contributed by atoms with Crippen LogP contribution in [0.2, 0.25) is 0 Å². The second kappa shape index (κ2) is 10.3. The molecule has 0 spiro atoms. The number of nitro groups is 1. The number of nitro benzene ring substituents is 1. The minimum atomic E-state index is -0.904. The van der Waals surface area contributed by atoms with E-state index in [1.165, 1.54) is 18.2 Å². The Kier molecular flexibility index (Phi) is 7.85. The smallest absolute Gasteiger partial charge is 0.308 e. The van der Waals surface area contributed by atoms with Crippen LogP contribution in [0, 0.1) is 10.1 Å². The van der Waals surface area contributed by atoms with E-state index in [-0.39, 0.29) is 30.2 Å². The van der Waals surface area contributed by atoms with Gasteiger partial charge in [-0.1, -0.05) is 48.5 Å². The minimum Gasteiger partial charge on any atom is -0.463 e. The first-order chi connectivity index (χ1) is 13.8. The van der Waals surface area contributed by atoms with Crippen molar-refractivity contribution in [3.05, 3.63) is 75.8 Å². The summed E-state index contributed by atoms with van der Waals surface area (Å²) in [7, 11) is 0. The first kappa shape index (κ1) is 22.0. The second-order valence-electron chi connectivity index (χ2n) is 6.90. The monoisotopic (exact) mass is 399 g/mol. The normalized spacial score (nSPS) is 12.8. The minimum absolute atomic E-state index is 0.0274. The van der Waals surface area contributed by atoms with Gasteiger partial charge < -0.3 is 15.8 Å². The molecular weight excluding hydrogens is 374 g/mol. The molecule has 154 valence electrons. The molecular formula is C21H25N3O5. The summed E-state index contributed by atoms with van der Waals surface area (Å²) in [6.45, 7) is 3.41. The summed E-state index contributed by atoms with van der Waals surface area (Å²) in [6.07, 6.45) is -0.591. The summed E-state index contributed by atoms with van der Waals surface area (Å²) in [6, 6.07) is 13.7.